The lowest BCUT2D eigenvalue weighted by Crippen LogP contribution is -2.55. The molecule has 5 nitrogen and oxygen atoms in total. The third-order valence-electron chi connectivity index (χ3n) is 4.29. The van der Waals surface area contributed by atoms with Crippen molar-refractivity contribution in [1.82, 2.24) is 5.32 Å². The number of amides is 1. The zero-order valence-corrected chi connectivity index (χ0v) is 14.3. The third-order valence-corrected chi connectivity index (χ3v) is 5.71. The van der Waals surface area contributed by atoms with Crippen LogP contribution in [0, 0.1) is 17.8 Å². The second-order valence-electron chi connectivity index (χ2n) is 5.97. The van der Waals surface area contributed by atoms with Crippen LogP contribution in [-0.2, 0) is 14.3 Å². The molecule has 21 heavy (non-hydrogen) atoms. The maximum atomic E-state index is 11.4. The summed E-state index contributed by atoms with van der Waals surface area (Å²) in [5.41, 5.74) is -0.188. The van der Waals surface area contributed by atoms with Gasteiger partial charge in [0.2, 0.25) is 5.91 Å². The standard InChI is InChI=1S/C15H27NO4S/c1-6-12-9(3)10(4)13(16-11(5)17)15(20-12)21-7-8(2)14(18)19/h8-10,12-13,15H,6-7H2,1-5H3,(H,16,17)(H,18,19)/t8-,9-,10-,12?,13?,15+/m0/s1. The van der Waals surface area contributed by atoms with E-state index in [4.69, 9.17) is 9.84 Å². The molecule has 0 saturated carbocycles. The van der Waals surface area contributed by atoms with Crippen LogP contribution < -0.4 is 5.32 Å². The smallest absolute Gasteiger partial charge is 0.307 e. The van der Waals surface area contributed by atoms with E-state index in [0.29, 0.717) is 17.6 Å². The molecule has 0 radical (unpaired) electrons. The van der Waals surface area contributed by atoms with Crippen LogP contribution in [0.25, 0.3) is 0 Å². The van der Waals surface area contributed by atoms with Crippen molar-refractivity contribution in [2.45, 2.75) is 58.6 Å². The molecule has 6 heteroatoms. The summed E-state index contributed by atoms with van der Waals surface area (Å²) < 4.78 is 6.12. The molecule has 0 aromatic heterocycles. The van der Waals surface area contributed by atoms with Crippen LogP contribution in [0.4, 0.5) is 0 Å². The summed E-state index contributed by atoms with van der Waals surface area (Å²) in [7, 11) is 0. The van der Waals surface area contributed by atoms with Gasteiger partial charge in [0.25, 0.3) is 0 Å². The van der Waals surface area contributed by atoms with E-state index in [1.165, 1.54) is 18.7 Å². The fourth-order valence-corrected chi connectivity index (χ4v) is 4.02. The number of hydrogen-bond donors (Lipinski definition) is 2. The van der Waals surface area contributed by atoms with E-state index in [2.05, 4.69) is 26.1 Å². The minimum Gasteiger partial charge on any atom is -0.481 e. The molecule has 1 aliphatic rings. The van der Waals surface area contributed by atoms with Gasteiger partial charge in [-0.25, -0.2) is 0 Å². The Morgan fingerprint density at radius 3 is 2.43 bits per heavy atom. The summed E-state index contributed by atoms with van der Waals surface area (Å²) in [5, 5.41) is 12.0. The van der Waals surface area contributed by atoms with E-state index >= 15 is 0 Å². The molecule has 2 unspecified atom stereocenters. The van der Waals surface area contributed by atoms with Crippen molar-refractivity contribution >= 4 is 23.6 Å². The summed E-state index contributed by atoms with van der Waals surface area (Å²) in [6.07, 6.45) is 1.08. The number of carbonyl (C=O) groups is 2. The minimum atomic E-state index is -0.803. The Hall–Kier alpha value is -0.750. The summed E-state index contributed by atoms with van der Waals surface area (Å²) >= 11 is 1.49. The number of rotatable bonds is 6. The summed E-state index contributed by atoms with van der Waals surface area (Å²) in [6.45, 7) is 9.56. The zero-order chi connectivity index (χ0) is 16.2. The normalized spacial score (nSPS) is 34.2. The molecule has 0 aromatic carbocycles. The summed E-state index contributed by atoms with van der Waals surface area (Å²) in [6, 6.07) is -0.0775. The predicted octanol–water partition coefficient (Wildman–Crippen LogP) is 2.35. The molecular weight excluding hydrogens is 290 g/mol. The van der Waals surface area contributed by atoms with E-state index in [1.54, 1.807) is 6.92 Å². The van der Waals surface area contributed by atoms with E-state index in [9.17, 15) is 9.59 Å². The largest absolute Gasteiger partial charge is 0.481 e. The molecule has 1 aliphatic heterocycles. The van der Waals surface area contributed by atoms with Crippen molar-refractivity contribution < 1.29 is 19.4 Å². The van der Waals surface area contributed by atoms with Gasteiger partial charge in [0.05, 0.1) is 18.1 Å². The van der Waals surface area contributed by atoms with Gasteiger partial charge in [0.15, 0.2) is 0 Å². The van der Waals surface area contributed by atoms with Crippen molar-refractivity contribution in [1.29, 1.82) is 0 Å². The highest BCUT2D eigenvalue weighted by molar-refractivity contribution is 7.99. The average molecular weight is 317 g/mol. The summed E-state index contributed by atoms with van der Waals surface area (Å²) in [4.78, 5) is 22.4. The zero-order valence-electron chi connectivity index (χ0n) is 13.5. The van der Waals surface area contributed by atoms with Gasteiger partial charge in [-0.15, -0.1) is 11.8 Å². The Bertz CT molecular complexity index is 377. The van der Waals surface area contributed by atoms with Gasteiger partial charge in [-0.2, -0.15) is 0 Å². The first-order valence-corrected chi connectivity index (χ1v) is 8.59. The van der Waals surface area contributed by atoms with E-state index in [1.807, 2.05) is 0 Å². The number of carboxylic acids is 1. The maximum absolute atomic E-state index is 11.4. The van der Waals surface area contributed by atoms with Crippen LogP contribution in [0.3, 0.4) is 0 Å². The van der Waals surface area contributed by atoms with Crippen LogP contribution in [0.2, 0.25) is 0 Å². The second-order valence-corrected chi connectivity index (χ2v) is 7.10. The van der Waals surface area contributed by atoms with E-state index in [0.717, 1.165) is 6.42 Å². The maximum Gasteiger partial charge on any atom is 0.307 e. The van der Waals surface area contributed by atoms with Crippen LogP contribution in [0.1, 0.15) is 41.0 Å². The van der Waals surface area contributed by atoms with Crippen molar-refractivity contribution in [2.24, 2.45) is 17.8 Å². The molecule has 1 fully saturated rings. The first kappa shape index (κ1) is 18.3. The van der Waals surface area contributed by atoms with Gasteiger partial charge in [0, 0.05) is 12.7 Å². The second kappa shape index (κ2) is 8.03. The first-order chi connectivity index (χ1) is 9.77. The monoisotopic (exact) mass is 317 g/mol. The number of nitrogens with one attached hydrogen (secondary N) is 1. The van der Waals surface area contributed by atoms with Crippen LogP contribution in [0.5, 0.6) is 0 Å². The predicted molar refractivity (Wildman–Crippen MR) is 84.1 cm³/mol. The van der Waals surface area contributed by atoms with Gasteiger partial charge >= 0.3 is 5.97 Å². The Morgan fingerprint density at radius 1 is 1.33 bits per heavy atom. The topological polar surface area (TPSA) is 75.6 Å². The summed E-state index contributed by atoms with van der Waals surface area (Å²) in [5.74, 6) is -0.164. The van der Waals surface area contributed by atoms with Crippen molar-refractivity contribution in [3.05, 3.63) is 0 Å². The third kappa shape index (κ3) is 4.88. The highest BCUT2D eigenvalue weighted by atomic mass is 32.2. The van der Waals surface area contributed by atoms with Gasteiger partial charge < -0.3 is 15.2 Å². The highest BCUT2D eigenvalue weighted by Gasteiger charge is 2.41. The number of carboxylic acid groups (broad SMARTS) is 1. The molecule has 0 aliphatic carbocycles. The Labute approximate surface area is 131 Å². The molecule has 122 valence electrons. The highest BCUT2D eigenvalue weighted by Crippen LogP contribution is 2.37. The first-order valence-electron chi connectivity index (χ1n) is 7.54. The van der Waals surface area contributed by atoms with Crippen LogP contribution >= 0.6 is 11.8 Å². The lowest BCUT2D eigenvalue weighted by atomic mass is 9.82. The van der Waals surface area contributed by atoms with E-state index in [-0.39, 0.29) is 23.5 Å². The molecule has 0 spiro atoms. The van der Waals surface area contributed by atoms with E-state index < -0.39 is 11.9 Å². The fraction of sp³-hybridized carbons (Fsp3) is 0.867. The Kier molecular flexibility index (Phi) is 7.00. The van der Waals surface area contributed by atoms with Crippen LogP contribution in [-0.4, -0.2) is 40.3 Å². The lowest BCUT2D eigenvalue weighted by molar-refractivity contribution is -0.140. The van der Waals surface area contributed by atoms with Crippen LogP contribution in [0.15, 0.2) is 0 Å². The molecule has 6 atom stereocenters. The van der Waals surface area contributed by atoms with Gasteiger partial charge in [-0.05, 0) is 18.3 Å². The number of carbonyl (C=O) groups excluding carboxylic acids is 1. The lowest BCUT2D eigenvalue weighted by Gasteiger charge is -2.44. The molecular formula is C15H27NO4S. The minimum absolute atomic E-state index is 0.0746. The number of ether oxygens (including phenoxy) is 1. The number of thioether (sulfide) groups is 1. The number of hydrogen-bond acceptors (Lipinski definition) is 4. The molecule has 1 saturated heterocycles. The molecule has 0 bridgehead atoms. The van der Waals surface area contributed by atoms with Crippen molar-refractivity contribution in [3.63, 3.8) is 0 Å². The average Bonchev–Trinajstić information content (AvgIpc) is 2.42. The quantitative estimate of drug-likeness (QED) is 0.786. The van der Waals surface area contributed by atoms with Gasteiger partial charge in [0.1, 0.15) is 5.44 Å². The van der Waals surface area contributed by atoms with Gasteiger partial charge in [-0.1, -0.05) is 27.7 Å². The van der Waals surface area contributed by atoms with Gasteiger partial charge in [-0.3, -0.25) is 9.59 Å². The SMILES string of the molecule is CCC1O[C@H](SC[C@H](C)C(=O)O)C(NC(C)=O)[C@@H](C)[C@@H]1C. The van der Waals surface area contributed by atoms with Crippen molar-refractivity contribution in [2.75, 3.05) is 5.75 Å². The fourth-order valence-electron chi connectivity index (χ4n) is 2.65. The van der Waals surface area contributed by atoms with Crippen molar-refractivity contribution in [3.8, 4) is 0 Å². The Morgan fingerprint density at radius 2 is 1.95 bits per heavy atom. The molecule has 1 rings (SSSR count). The molecule has 0 aromatic rings. The number of aliphatic carboxylic acids is 1. The molecule has 1 heterocycles. The molecule has 1 amide bonds. The molecule has 2 N–H and O–H groups in total. The Balaban J connectivity index is 2.78.